The molecule has 0 atom stereocenters. The number of nitrogens with one attached hydrogen (secondary N) is 1. The van der Waals surface area contributed by atoms with Crippen LogP contribution in [0.15, 0.2) is 18.2 Å². The van der Waals surface area contributed by atoms with Crippen LogP contribution in [0.25, 0.3) is 0 Å². The molecule has 0 bridgehead atoms. The zero-order valence-corrected chi connectivity index (χ0v) is 13.6. The van der Waals surface area contributed by atoms with Crippen LogP contribution in [0.5, 0.6) is 0 Å². The Bertz CT molecular complexity index is 446. The molecular formula is C17H25ClFN. The fraction of sp³-hybridized carbons (Fsp3) is 0.647. The first kappa shape index (κ1) is 15.8. The molecule has 0 radical (unpaired) electrons. The number of benzene rings is 1. The summed E-state index contributed by atoms with van der Waals surface area (Å²) >= 11 is 5.89. The molecule has 0 aliphatic heterocycles. The molecule has 1 saturated carbocycles. The van der Waals surface area contributed by atoms with Crippen molar-refractivity contribution in [3.8, 4) is 0 Å². The minimum absolute atomic E-state index is 0.265. The Hall–Kier alpha value is -0.600. The summed E-state index contributed by atoms with van der Waals surface area (Å²) in [6, 6.07) is 5.21. The van der Waals surface area contributed by atoms with E-state index in [1.54, 1.807) is 6.07 Å². The van der Waals surface area contributed by atoms with Crippen LogP contribution in [0.1, 0.15) is 52.5 Å². The summed E-state index contributed by atoms with van der Waals surface area (Å²) in [4.78, 5) is 0. The highest BCUT2D eigenvalue weighted by atomic mass is 35.5. The highest BCUT2D eigenvalue weighted by Gasteiger charge is 2.38. The second-order valence-corrected chi connectivity index (χ2v) is 8.21. The maximum absolute atomic E-state index is 13.3. The zero-order chi connectivity index (χ0) is 15.0. The average molecular weight is 298 g/mol. The summed E-state index contributed by atoms with van der Waals surface area (Å²) in [7, 11) is 0. The normalized spacial score (nSPS) is 21.9. The molecule has 20 heavy (non-hydrogen) atoms. The first-order valence-electron chi connectivity index (χ1n) is 7.34. The Morgan fingerprint density at radius 2 is 1.75 bits per heavy atom. The Labute approximate surface area is 126 Å². The summed E-state index contributed by atoms with van der Waals surface area (Å²) in [6.07, 6.45) is 3.59. The van der Waals surface area contributed by atoms with Crippen LogP contribution in [0, 0.1) is 16.6 Å². The van der Waals surface area contributed by atoms with Crippen molar-refractivity contribution in [2.75, 3.05) is 0 Å². The first-order chi connectivity index (χ1) is 9.15. The molecule has 0 amide bonds. The molecule has 0 unspecified atom stereocenters. The van der Waals surface area contributed by atoms with Gasteiger partial charge in [-0.1, -0.05) is 39.3 Å². The van der Waals surface area contributed by atoms with Gasteiger partial charge in [-0.15, -0.1) is 0 Å². The molecule has 1 fully saturated rings. The van der Waals surface area contributed by atoms with Crippen LogP contribution in [-0.2, 0) is 6.54 Å². The lowest BCUT2D eigenvalue weighted by Crippen LogP contribution is -2.43. The van der Waals surface area contributed by atoms with Crippen molar-refractivity contribution < 1.29 is 4.39 Å². The number of hydrogen-bond donors (Lipinski definition) is 1. The molecule has 0 saturated heterocycles. The van der Waals surface area contributed by atoms with Gasteiger partial charge in [0.05, 0.1) is 0 Å². The SMILES string of the molecule is CC1(C)CC(NCc2cc(F)cc(Cl)c2)CC(C)(C)C1. The van der Waals surface area contributed by atoms with Crippen molar-refractivity contribution in [3.05, 3.63) is 34.6 Å². The number of halogens is 2. The van der Waals surface area contributed by atoms with Gasteiger partial charge in [-0.25, -0.2) is 4.39 Å². The lowest BCUT2D eigenvalue weighted by Gasteiger charge is -2.45. The fourth-order valence-corrected chi connectivity index (χ4v) is 4.21. The topological polar surface area (TPSA) is 12.0 Å². The second-order valence-electron chi connectivity index (χ2n) is 7.77. The van der Waals surface area contributed by atoms with E-state index >= 15 is 0 Å². The Kier molecular flexibility index (Phi) is 4.46. The van der Waals surface area contributed by atoms with Gasteiger partial charge >= 0.3 is 0 Å². The monoisotopic (exact) mass is 297 g/mol. The van der Waals surface area contributed by atoms with E-state index in [4.69, 9.17) is 11.6 Å². The van der Waals surface area contributed by atoms with Gasteiger partial charge in [-0.3, -0.25) is 0 Å². The van der Waals surface area contributed by atoms with Crippen LogP contribution in [-0.4, -0.2) is 6.04 Å². The van der Waals surface area contributed by atoms with Crippen LogP contribution >= 0.6 is 11.6 Å². The molecule has 1 aliphatic carbocycles. The molecule has 112 valence electrons. The van der Waals surface area contributed by atoms with E-state index in [-0.39, 0.29) is 5.82 Å². The molecule has 1 aromatic carbocycles. The Morgan fingerprint density at radius 1 is 1.15 bits per heavy atom. The lowest BCUT2D eigenvalue weighted by molar-refractivity contribution is 0.0845. The van der Waals surface area contributed by atoms with Crippen molar-refractivity contribution in [2.24, 2.45) is 10.8 Å². The van der Waals surface area contributed by atoms with Crippen LogP contribution in [0.3, 0.4) is 0 Å². The smallest absolute Gasteiger partial charge is 0.125 e. The molecule has 3 heteroatoms. The average Bonchev–Trinajstić information content (AvgIpc) is 2.20. The summed E-state index contributed by atoms with van der Waals surface area (Å²) in [5, 5.41) is 4.04. The lowest BCUT2D eigenvalue weighted by atomic mass is 9.63. The van der Waals surface area contributed by atoms with Crippen molar-refractivity contribution in [1.82, 2.24) is 5.32 Å². The molecule has 1 aromatic rings. The molecule has 1 N–H and O–H groups in total. The maximum Gasteiger partial charge on any atom is 0.125 e. The van der Waals surface area contributed by atoms with Gasteiger partial charge in [0.25, 0.3) is 0 Å². The first-order valence-corrected chi connectivity index (χ1v) is 7.71. The third kappa shape index (κ3) is 4.46. The van der Waals surface area contributed by atoms with Gasteiger partial charge in [0, 0.05) is 17.6 Å². The van der Waals surface area contributed by atoms with Gasteiger partial charge in [-0.05, 0) is 53.9 Å². The highest BCUT2D eigenvalue weighted by molar-refractivity contribution is 6.30. The second kappa shape index (κ2) is 5.65. The fourth-order valence-electron chi connectivity index (χ4n) is 3.97. The molecular weight excluding hydrogens is 273 g/mol. The minimum atomic E-state index is -0.265. The van der Waals surface area contributed by atoms with E-state index in [9.17, 15) is 4.39 Å². The van der Waals surface area contributed by atoms with Gasteiger partial charge < -0.3 is 5.32 Å². The van der Waals surface area contributed by atoms with Gasteiger partial charge in [-0.2, -0.15) is 0 Å². The highest BCUT2D eigenvalue weighted by Crippen LogP contribution is 2.45. The Morgan fingerprint density at radius 3 is 2.30 bits per heavy atom. The summed E-state index contributed by atoms with van der Waals surface area (Å²) in [5.41, 5.74) is 1.63. The molecule has 1 aliphatic rings. The molecule has 0 heterocycles. The third-order valence-electron chi connectivity index (χ3n) is 4.07. The summed E-state index contributed by atoms with van der Waals surface area (Å²) < 4.78 is 13.3. The molecule has 0 spiro atoms. The van der Waals surface area contributed by atoms with Gasteiger partial charge in [0.1, 0.15) is 5.82 Å². The largest absolute Gasteiger partial charge is 0.310 e. The quantitative estimate of drug-likeness (QED) is 0.811. The van der Waals surface area contributed by atoms with Crippen molar-refractivity contribution in [2.45, 2.75) is 59.5 Å². The van der Waals surface area contributed by atoms with E-state index in [2.05, 4.69) is 33.0 Å². The minimum Gasteiger partial charge on any atom is -0.310 e. The van der Waals surface area contributed by atoms with Gasteiger partial charge in [0.15, 0.2) is 0 Å². The van der Waals surface area contributed by atoms with E-state index in [1.165, 1.54) is 25.3 Å². The predicted molar refractivity (Wildman–Crippen MR) is 83.5 cm³/mol. The Balaban J connectivity index is 1.99. The third-order valence-corrected chi connectivity index (χ3v) is 4.29. The van der Waals surface area contributed by atoms with E-state index in [0.29, 0.717) is 28.4 Å². The van der Waals surface area contributed by atoms with Crippen LogP contribution in [0.4, 0.5) is 4.39 Å². The predicted octanol–water partition coefficient (Wildman–Crippen LogP) is 5.17. The van der Waals surface area contributed by atoms with Crippen molar-refractivity contribution in [3.63, 3.8) is 0 Å². The van der Waals surface area contributed by atoms with Crippen LogP contribution < -0.4 is 5.32 Å². The number of hydrogen-bond acceptors (Lipinski definition) is 1. The molecule has 1 nitrogen and oxygen atoms in total. The van der Waals surface area contributed by atoms with Crippen LogP contribution in [0.2, 0.25) is 5.02 Å². The van der Waals surface area contributed by atoms with Gasteiger partial charge in [0.2, 0.25) is 0 Å². The van der Waals surface area contributed by atoms with E-state index in [1.807, 2.05) is 6.07 Å². The van der Waals surface area contributed by atoms with Crippen molar-refractivity contribution >= 4 is 11.6 Å². The summed E-state index contributed by atoms with van der Waals surface area (Å²) in [6.45, 7) is 10.0. The zero-order valence-electron chi connectivity index (χ0n) is 12.9. The molecule has 2 rings (SSSR count). The van der Waals surface area contributed by atoms with Crippen molar-refractivity contribution in [1.29, 1.82) is 0 Å². The maximum atomic E-state index is 13.3. The number of rotatable bonds is 3. The van der Waals surface area contributed by atoms with E-state index < -0.39 is 0 Å². The van der Waals surface area contributed by atoms with E-state index in [0.717, 1.165) is 5.56 Å². The standard InChI is InChI=1S/C17H25ClFN/c1-16(2)8-15(9-17(3,4)11-16)20-10-12-5-13(18)7-14(19)6-12/h5-7,15,20H,8-11H2,1-4H3. The molecule has 0 aromatic heterocycles. The summed E-state index contributed by atoms with van der Waals surface area (Å²) in [5.74, 6) is -0.265.